The molecule has 0 spiro atoms. The van der Waals surface area contributed by atoms with E-state index in [9.17, 15) is 4.39 Å². The predicted octanol–water partition coefficient (Wildman–Crippen LogP) is 2.89. The van der Waals surface area contributed by atoms with Gasteiger partial charge in [-0.15, -0.1) is 0 Å². The first kappa shape index (κ1) is 13.0. The number of hydrogen-bond donors (Lipinski definition) is 1. The van der Waals surface area contributed by atoms with Crippen molar-refractivity contribution in [1.29, 1.82) is 0 Å². The topological polar surface area (TPSA) is 29.3 Å². The summed E-state index contributed by atoms with van der Waals surface area (Å²) in [6.45, 7) is 8.86. The van der Waals surface area contributed by atoms with Crippen molar-refractivity contribution in [2.45, 2.75) is 27.3 Å². The smallest absolute Gasteiger partial charge is 0.129 e. The van der Waals surface area contributed by atoms with Gasteiger partial charge in [-0.25, -0.2) is 4.39 Å². The summed E-state index contributed by atoms with van der Waals surface area (Å²) in [5, 5.41) is 0. The van der Waals surface area contributed by atoms with Gasteiger partial charge >= 0.3 is 0 Å². The molecule has 0 saturated heterocycles. The number of halogens is 1. The fraction of sp³-hybridized carbons (Fsp3) is 0.538. The third-order valence-corrected chi connectivity index (χ3v) is 2.61. The van der Waals surface area contributed by atoms with E-state index in [-0.39, 0.29) is 5.82 Å². The number of rotatable bonds is 5. The maximum absolute atomic E-state index is 13.6. The molecule has 0 aliphatic carbocycles. The first-order valence-electron chi connectivity index (χ1n) is 5.79. The number of nitrogens with two attached hydrogens (primary N) is 1. The highest BCUT2D eigenvalue weighted by atomic mass is 19.1. The number of benzene rings is 1. The summed E-state index contributed by atoms with van der Waals surface area (Å²) in [4.78, 5) is 2.21. The molecule has 0 aliphatic rings. The van der Waals surface area contributed by atoms with Gasteiger partial charge in [0, 0.05) is 24.3 Å². The molecule has 1 aromatic rings. The van der Waals surface area contributed by atoms with E-state index in [1.165, 1.54) is 6.07 Å². The minimum absolute atomic E-state index is 0.206. The average Bonchev–Trinajstić information content (AvgIpc) is 2.21. The lowest BCUT2D eigenvalue weighted by atomic mass is 10.1. The second-order valence-corrected chi connectivity index (χ2v) is 4.53. The van der Waals surface area contributed by atoms with Gasteiger partial charge in [-0.2, -0.15) is 0 Å². The average molecular weight is 224 g/mol. The summed E-state index contributed by atoms with van der Waals surface area (Å²) < 4.78 is 13.6. The molecule has 2 nitrogen and oxygen atoms in total. The van der Waals surface area contributed by atoms with Crippen LogP contribution in [-0.4, -0.2) is 18.0 Å². The van der Waals surface area contributed by atoms with Crippen LogP contribution in [0.25, 0.3) is 0 Å². The van der Waals surface area contributed by atoms with Gasteiger partial charge in [-0.05, 0) is 24.6 Å². The lowest BCUT2D eigenvalue weighted by molar-refractivity contribution is 0.245. The van der Waals surface area contributed by atoms with Gasteiger partial charge in [0.1, 0.15) is 5.82 Å². The lowest BCUT2D eigenvalue weighted by Gasteiger charge is -2.23. The molecule has 0 aliphatic heterocycles. The molecule has 90 valence electrons. The van der Waals surface area contributed by atoms with Crippen LogP contribution in [0.5, 0.6) is 0 Å². The van der Waals surface area contributed by atoms with Crippen molar-refractivity contribution < 1.29 is 4.39 Å². The first-order valence-corrected chi connectivity index (χ1v) is 5.79. The molecule has 0 aromatic heterocycles. The van der Waals surface area contributed by atoms with E-state index in [1.807, 2.05) is 0 Å². The van der Waals surface area contributed by atoms with E-state index < -0.39 is 0 Å². The highest BCUT2D eigenvalue weighted by molar-refractivity contribution is 5.47. The maximum Gasteiger partial charge on any atom is 0.129 e. The number of nitrogens with zero attached hydrogens (tertiary/aromatic N) is 1. The molecule has 0 saturated carbocycles. The van der Waals surface area contributed by atoms with Crippen molar-refractivity contribution in [3.05, 3.63) is 29.6 Å². The normalized spacial score (nSPS) is 11.4. The zero-order valence-corrected chi connectivity index (χ0v) is 10.3. The molecular weight excluding hydrogens is 203 g/mol. The van der Waals surface area contributed by atoms with Crippen LogP contribution in [0.1, 0.15) is 26.3 Å². The van der Waals surface area contributed by atoms with Gasteiger partial charge in [0.2, 0.25) is 0 Å². The molecule has 2 N–H and O–H groups in total. The van der Waals surface area contributed by atoms with Crippen molar-refractivity contribution >= 4 is 5.69 Å². The Morgan fingerprint density at radius 1 is 1.38 bits per heavy atom. The second-order valence-electron chi connectivity index (χ2n) is 4.53. The zero-order valence-electron chi connectivity index (χ0n) is 10.3. The fourth-order valence-electron chi connectivity index (χ4n) is 1.79. The van der Waals surface area contributed by atoms with Crippen molar-refractivity contribution in [2.24, 2.45) is 5.92 Å². The monoisotopic (exact) mass is 224 g/mol. The maximum atomic E-state index is 13.6. The minimum atomic E-state index is -0.206. The molecule has 0 radical (unpaired) electrons. The Hall–Kier alpha value is -1.09. The van der Waals surface area contributed by atoms with Crippen LogP contribution in [0.15, 0.2) is 18.2 Å². The number of anilines is 1. The minimum Gasteiger partial charge on any atom is -0.398 e. The summed E-state index contributed by atoms with van der Waals surface area (Å²) in [6.07, 6.45) is 0. The van der Waals surface area contributed by atoms with Gasteiger partial charge in [0.25, 0.3) is 0 Å². The largest absolute Gasteiger partial charge is 0.398 e. The van der Waals surface area contributed by atoms with Crippen molar-refractivity contribution in [3.8, 4) is 0 Å². The van der Waals surface area contributed by atoms with E-state index >= 15 is 0 Å². The van der Waals surface area contributed by atoms with Crippen molar-refractivity contribution in [2.75, 3.05) is 18.8 Å². The van der Waals surface area contributed by atoms with Crippen LogP contribution in [0.2, 0.25) is 0 Å². The Morgan fingerprint density at radius 3 is 2.56 bits per heavy atom. The van der Waals surface area contributed by atoms with E-state index in [1.54, 1.807) is 12.1 Å². The van der Waals surface area contributed by atoms with Crippen LogP contribution in [0.3, 0.4) is 0 Å². The quantitative estimate of drug-likeness (QED) is 0.779. The standard InChI is InChI=1S/C13H21FN2/c1-4-16(8-10(2)3)9-11-12(14)6-5-7-13(11)15/h5-7,10H,4,8-9,15H2,1-3H3. The molecule has 1 rings (SSSR count). The molecule has 16 heavy (non-hydrogen) atoms. The van der Waals surface area contributed by atoms with Gasteiger partial charge in [0.15, 0.2) is 0 Å². The summed E-state index contributed by atoms with van der Waals surface area (Å²) in [6, 6.07) is 4.86. The lowest BCUT2D eigenvalue weighted by Crippen LogP contribution is -2.27. The SMILES string of the molecule is CCN(Cc1c(N)cccc1F)CC(C)C. The molecule has 0 unspecified atom stereocenters. The van der Waals surface area contributed by atoms with E-state index in [0.717, 1.165) is 13.1 Å². The summed E-state index contributed by atoms with van der Waals surface area (Å²) in [5.41, 5.74) is 6.95. The summed E-state index contributed by atoms with van der Waals surface area (Å²) >= 11 is 0. The van der Waals surface area contributed by atoms with Crippen molar-refractivity contribution in [3.63, 3.8) is 0 Å². The van der Waals surface area contributed by atoms with Crippen molar-refractivity contribution in [1.82, 2.24) is 4.90 Å². The Labute approximate surface area is 97.3 Å². The molecule has 0 heterocycles. The van der Waals surface area contributed by atoms with Gasteiger partial charge in [0.05, 0.1) is 0 Å². The first-order chi connectivity index (χ1) is 7.54. The molecule has 0 fully saturated rings. The van der Waals surface area contributed by atoms with Crippen LogP contribution >= 0.6 is 0 Å². The third kappa shape index (κ3) is 3.49. The van der Waals surface area contributed by atoms with Crippen LogP contribution in [-0.2, 0) is 6.54 Å². The van der Waals surface area contributed by atoms with E-state index in [4.69, 9.17) is 5.73 Å². The summed E-state index contributed by atoms with van der Waals surface area (Å²) in [5.74, 6) is 0.371. The highest BCUT2D eigenvalue weighted by Crippen LogP contribution is 2.18. The van der Waals surface area contributed by atoms with Crippen LogP contribution in [0.4, 0.5) is 10.1 Å². The summed E-state index contributed by atoms with van der Waals surface area (Å²) in [7, 11) is 0. The van der Waals surface area contributed by atoms with Gasteiger partial charge < -0.3 is 5.73 Å². The van der Waals surface area contributed by atoms with Crippen LogP contribution in [0, 0.1) is 11.7 Å². The molecular formula is C13H21FN2. The van der Waals surface area contributed by atoms with Gasteiger partial charge in [-0.3, -0.25) is 4.90 Å². The third-order valence-electron chi connectivity index (χ3n) is 2.61. The molecule has 1 aromatic carbocycles. The van der Waals surface area contributed by atoms with E-state index in [2.05, 4.69) is 25.7 Å². The molecule has 3 heteroatoms. The van der Waals surface area contributed by atoms with E-state index in [0.29, 0.717) is 23.7 Å². The van der Waals surface area contributed by atoms with Gasteiger partial charge in [-0.1, -0.05) is 26.8 Å². The number of hydrogen-bond acceptors (Lipinski definition) is 2. The molecule has 0 bridgehead atoms. The Balaban J connectivity index is 2.77. The van der Waals surface area contributed by atoms with Crippen LogP contribution < -0.4 is 5.73 Å². The zero-order chi connectivity index (χ0) is 12.1. The Morgan fingerprint density at radius 2 is 2.06 bits per heavy atom. The Bertz CT molecular complexity index is 316. The number of nitrogen functional groups attached to an aromatic ring is 1. The fourth-order valence-corrected chi connectivity index (χ4v) is 1.79. The predicted molar refractivity (Wildman–Crippen MR) is 66.6 cm³/mol. The molecule has 0 amide bonds. The Kier molecular flexibility index (Phi) is 4.74. The highest BCUT2D eigenvalue weighted by Gasteiger charge is 2.11. The second kappa shape index (κ2) is 5.85. The molecule has 0 atom stereocenters.